The minimum atomic E-state index is -0.288. The van der Waals surface area contributed by atoms with Gasteiger partial charge in [-0.2, -0.15) is 0 Å². The van der Waals surface area contributed by atoms with Gasteiger partial charge in [0.1, 0.15) is 11.6 Å². The first-order valence-corrected chi connectivity index (χ1v) is 6.58. The molecular formula is C13H17BrFNO. The normalized spacial score (nSPS) is 24.5. The number of ether oxygens (including phenoxy) is 1. The summed E-state index contributed by atoms with van der Waals surface area (Å²) in [4.78, 5) is 0. The molecule has 17 heavy (non-hydrogen) atoms. The molecule has 0 saturated heterocycles. The predicted octanol–water partition coefficient (Wildman–Crippen LogP) is 3.51. The summed E-state index contributed by atoms with van der Waals surface area (Å²) in [6.07, 6.45) is 1.21. The van der Waals surface area contributed by atoms with Gasteiger partial charge in [-0.3, -0.25) is 0 Å². The van der Waals surface area contributed by atoms with Crippen molar-refractivity contribution in [3.63, 3.8) is 0 Å². The summed E-state index contributed by atoms with van der Waals surface area (Å²) in [5.41, 5.74) is 1.03. The average Bonchev–Trinajstić information content (AvgIpc) is 3.01. The molecule has 0 amide bonds. The quantitative estimate of drug-likeness (QED) is 0.919. The number of hydrogen-bond acceptors (Lipinski definition) is 2. The first-order chi connectivity index (χ1) is 8.08. The van der Waals surface area contributed by atoms with Crippen LogP contribution in [-0.4, -0.2) is 14.2 Å². The number of hydrogen-bond donors (Lipinski definition) is 1. The highest BCUT2D eigenvalue weighted by atomic mass is 79.9. The molecule has 0 radical (unpaired) electrons. The number of benzene rings is 1. The Kier molecular flexibility index (Phi) is 3.73. The highest BCUT2D eigenvalue weighted by Crippen LogP contribution is 2.49. The lowest BCUT2D eigenvalue weighted by molar-refractivity contribution is 0.390. The summed E-state index contributed by atoms with van der Waals surface area (Å²) in [7, 11) is 3.52. The van der Waals surface area contributed by atoms with E-state index < -0.39 is 0 Å². The van der Waals surface area contributed by atoms with Crippen LogP contribution in [0.25, 0.3) is 0 Å². The molecule has 3 unspecified atom stereocenters. The average molecular weight is 302 g/mol. The molecule has 1 N–H and O–H groups in total. The Morgan fingerprint density at radius 2 is 2.18 bits per heavy atom. The van der Waals surface area contributed by atoms with Crippen LogP contribution in [0.2, 0.25) is 0 Å². The van der Waals surface area contributed by atoms with Gasteiger partial charge in [0.05, 0.1) is 11.6 Å². The summed E-state index contributed by atoms with van der Waals surface area (Å²) in [5, 5.41) is 3.31. The molecule has 1 aliphatic carbocycles. The molecule has 0 bridgehead atoms. The highest BCUT2D eigenvalue weighted by Gasteiger charge is 2.40. The van der Waals surface area contributed by atoms with Crippen LogP contribution in [0.15, 0.2) is 16.6 Å². The van der Waals surface area contributed by atoms with Crippen LogP contribution in [0.5, 0.6) is 5.75 Å². The molecule has 2 nitrogen and oxygen atoms in total. The Hall–Kier alpha value is -0.610. The van der Waals surface area contributed by atoms with Crippen LogP contribution in [0.3, 0.4) is 0 Å². The fourth-order valence-electron chi connectivity index (χ4n) is 2.38. The second-order valence-corrected chi connectivity index (χ2v) is 5.51. The maximum absolute atomic E-state index is 13.5. The molecule has 0 spiro atoms. The van der Waals surface area contributed by atoms with E-state index in [9.17, 15) is 4.39 Å². The van der Waals surface area contributed by atoms with Crippen molar-refractivity contribution in [2.75, 3.05) is 14.2 Å². The van der Waals surface area contributed by atoms with E-state index in [0.717, 1.165) is 11.5 Å². The van der Waals surface area contributed by atoms with Crippen LogP contribution in [0, 0.1) is 17.7 Å². The van der Waals surface area contributed by atoms with Crippen molar-refractivity contribution in [1.82, 2.24) is 5.32 Å². The van der Waals surface area contributed by atoms with Crippen LogP contribution >= 0.6 is 15.9 Å². The lowest BCUT2D eigenvalue weighted by Crippen LogP contribution is -2.20. The molecule has 1 saturated carbocycles. The van der Waals surface area contributed by atoms with Gasteiger partial charge in [0.25, 0.3) is 0 Å². The molecule has 0 aromatic heterocycles. The van der Waals surface area contributed by atoms with Gasteiger partial charge in [0, 0.05) is 17.7 Å². The van der Waals surface area contributed by atoms with Gasteiger partial charge in [-0.25, -0.2) is 4.39 Å². The van der Waals surface area contributed by atoms with Crippen molar-refractivity contribution < 1.29 is 9.13 Å². The molecule has 0 heterocycles. The van der Waals surface area contributed by atoms with E-state index in [1.165, 1.54) is 12.5 Å². The van der Waals surface area contributed by atoms with Gasteiger partial charge >= 0.3 is 0 Å². The zero-order valence-electron chi connectivity index (χ0n) is 10.3. The number of rotatable bonds is 4. The van der Waals surface area contributed by atoms with Gasteiger partial charge in [-0.05, 0) is 47.3 Å². The second-order valence-electron chi connectivity index (χ2n) is 4.65. The van der Waals surface area contributed by atoms with Crippen LogP contribution < -0.4 is 10.1 Å². The van der Waals surface area contributed by atoms with E-state index in [1.807, 2.05) is 13.1 Å². The molecule has 1 aromatic carbocycles. The van der Waals surface area contributed by atoms with Crippen molar-refractivity contribution in [2.24, 2.45) is 11.8 Å². The SMILES string of the molecule is CNC(c1cc(Br)c(F)cc1OC)C1CC1C. The second kappa shape index (κ2) is 4.94. The van der Waals surface area contributed by atoms with E-state index in [0.29, 0.717) is 16.1 Å². The minimum absolute atomic E-state index is 0.233. The topological polar surface area (TPSA) is 21.3 Å². The predicted molar refractivity (Wildman–Crippen MR) is 69.7 cm³/mol. The number of halogens is 2. The Morgan fingerprint density at radius 1 is 1.53 bits per heavy atom. The largest absolute Gasteiger partial charge is 0.496 e. The molecule has 1 fully saturated rings. The van der Waals surface area contributed by atoms with Crippen LogP contribution in [0.1, 0.15) is 24.9 Å². The lowest BCUT2D eigenvalue weighted by Gasteiger charge is -2.20. The third kappa shape index (κ3) is 2.47. The van der Waals surface area contributed by atoms with Gasteiger partial charge in [0.2, 0.25) is 0 Å². The number of methoxy groups -OCH3 is 1. The summed E-state index contributed by atoms with van der Waals surface area (Å²) in [5.74, 6) is 1.67. The summed E-state index contributed by atoms with van der Waals surface area (Å²) in [6, 6.07) is 3.49. The van der Waals surface area contributed by atoms with Crippen molar-refractivity contribution >= 4 is 15.9 Å². The molecule has 1 aromatic rings. The molecule has 4 heteroatoms. The minimum Gasteiger partial charge on any atom is -0.496 e. The molecule has 94 valence electrons. The van der Waals surface area contributed by atoms with Crippen molar-refractivity contribution in [3.05, 3.63) is 28.0 Å². The van der Waals surface area contributed by atoms with Gasteiger partial charge in [-0.15, -0.1) is 0 Å². The molecule has 0 aliphatic heterocycles. The Morgan fingerprint density at radius 3 is 2.65 bits per heavy atom. The van der Waals surface area contributed by atoms with Crippen molar-refractivity contribution in [3.8, 4) is 5.75 Å². The van der Waals surface area contributed by atoms with E-state index in [2.05, 4.69) is 28.2 Å². The maximum Gasteiger partial charge on any atom is 0.141 e. The maximum atomic E-state index is 13.5. The molecular weight excluding hydrogens is 285 g/mol. The van der Waals surface area contributed by atoms with Crippen molar-refractivity contribution in [2.45, 2.75) is 19.4 Å². The first kappa shape index (κ1) is 12.8. The van der Waals surface area contributed by atoms with Gasteiger partial charge in [0.15, 0.2) is 0 Å². The summed E-state index contributed by atoms with van der Waals surface area (Å²) < 4.78 is 19.2. The van der Waals surface area contributed by atoms with E-state index >= 15 is 0 Å². The standard InChI is InChI=1S/C13H17BrFNO/c1-7-4-8(7)13(16-2)9-5-10(14)11(15)6-12(9)17-3/h5-8,13,16H,4H2,1-3H3. The zero-order valence-corrected chi connectivity index (χ0v) is 11.8. The third-order valence-corrected chi connectivity index (χ3v) is 4.13. The van der Waals surface area contributed by atoms with E-state index in [4.69, 9.17) is 4.74 Å². The lowest BCUT2D eigenvalue weighted by atomic mass is 10.00. The zero-order chi connectivity index (χ0) is 12.6. The fraction of sp³-hybridized carbons (Fsp3) is 0.538. The first-order valence-electron chi connectivity index (χ1n) is 5.78. The van der Waals surface area contributed by atoms with E-state index in [1.54, 1.807) is 7.11 Å². The Balaban J connectivity index is 2.38. The van der Waals surface area contributed by atoms with Crippen LogP contribution in [0.4, 0.5) is 4.39 Å². The summed E-state index contributed by atoms with van der Waals surface area (Å²) >= 11 is 3.23. The van der Waals surface area contributed by atoms with Crippen LogP contribution in [-0.2, 0) is 0 Å². The van der Waals surface area contributed by atoms with Crippen molar-refractivity contribution in [1.29, 1.82) is 0 Å². The Labute approximate surface area is 110 Å². The summed E-state index contributed by atoms with van der Waals surface area (Å²) in [6.45, 7) is 2.24. The van der Waals surface area contributed by atoms with E-state index in [-0.39, 0.29) is 11.9 Å². The third-order valence-electron chi connectivity index (χ3n) is 3.52. The highest BCUT2D eigenvalue weighted by molar-refractivity contribution is 9.10. The van der Waals surface area contributed by atoms with Gasteiger partial charge in [-0.1, -0.05) is 6.92 Å². The molecule has 1 aliphatic rings. The van der Waals surface area contributed by atoms with Gasteiger partial charge < -0.3 is 10.1 Å². The number of nitrogens with one attached hydrogen (secondary N) is 1. The monoisotopic (exact) mass is 301 g/mol. The Bertz CT molecular complexity index is 424. The molecule has 2 rings (SSSR count). The fourth-order valence-corrected chi connectivity index (χ4v) is 2.74. The molecule has 3 atom stereocenters. The smallest absolute Gasteiger partial charge is 0.141 e.